The van der Waals surface area contributed by atoms with Crippen LogP contribution in [0.25, 0.3) is 0 Å². The summed E-state index contributed by atoms with van der Waals surface area (Å²) in [6.07, 6.45) is 1.53. The lowest BCUT2D eigenvalue weighted by Gasteiger charge is -2.34. The second-order valence-electron chi connectivity index (χ2n) is 4.96. The van der Waals surface area contributed by atoms with E-state index < -0.39 is 17.7 Å². The Balaban J connectivity index is 2.09. The highest BCUT2D eigenvalue weighted by molar-refractivity contribution is 9.10. The highest BCUT2D eigenvalue weighted by Crippen LogP contribution is 2.35. The van der Waals surface area contributed by atoms with Gasteiger partial charge in [0, 0.05) is 31.7 Å². The molecule has 2 aromatic rings. The highest BCUT2D eigenvalue weighted by atomic mass is 79.9. The van der Waals surface area contributed by atoms with Crippen LogP contribution in [0, 0.1) is 11.6 Å². The van der Waals surface area contributed by atoms with E-state index in [4.69, 9.17) is 4.42 Å². The van der Waals surface area contributed by atoms with Crippen LogP contribution in [0.4, 0.5) is 8.78 Å². The molecule has 3 rings (SSSR count). The zero-order valence-electron chi connectivity index (χ0n) is 11.3. The predicted octanol–water partition coefficient (Wildman–Crippen LogP) is 3.31. The van der Waals surface area contributed by atoms with Crippen molar-refractivity contribution in [2.75, 3.05) is 26.2 Å². The number of nitrogens with zero attached hydrogens (tertiary/aromatic N) is 1. The lowest BCUT2D eigenvalue weighted by atomic mass is 10.0. The second kappa shape index (κ2) is 6.25. The first-order chi connectivity index (χ1) is 10.2. The smallest absolute Gasteiger partial charge is 0.145 e. The van der Waals surface area contributed by atoms with Gasteiger partial charge in [-0.3, -0.25) is 4.90 Å². The molecule has 0 unspecified atom stereocenters. The summed E-state index contributed by atoms with van der Waals surface area (Å²) in [5, 5.41) is 3.24. The van der Waals surface area contributed by atoms with Gasteiger partial charge in [-0.25, -0.2) is 8.78 Å². The van der Waals surface area contributed by atoms with Crippen molar-refractivity contribution in [2.24, 2.45) is 0 Å². The number of hydrogen-bond donors (Lipinski definition) is 1. The standard InChI is InChI=1S/C15H15BrF2N2O/c16-10-3-4-11(17)13(14(10)18)15(12-2-1-9-21-12)20-7-5-19-6-8-20/h1-4,9,15,19H,5-8H2/t15-/m0/s1. The number of halogens is 3. The molecule has 1 aliphatic rings. The molecule has 3 nitrogen and oxygen atoms in total. The molecule has 0 radical (unpaired) electrons. The van der Waals surface area contributed by atoms with E-state index in [1.54, 1.807) is 12.1 Å². The van der Waals surface area contributed by atoms with Crippen LogP contribution < -0.4 is 5.32 Å². The van der Waals surface area contributed by atoms with Crippen LogP contribution in [0.1, 0.15) is 17.4 Å². The average Bonchev–Trinajstić information content (AvgIpc) is 3.02. The first-order valence-corrected chi connectivity index (χ1v) is 7.59. The first kappa shape index (κ1) is 14.7. The minimum atomic E-state index is -0.574. The molecule has 1 aliphatic heterocycles. The molecule has 1 saturated heterocycles. The third-order valence-electron chi connectivity index (χ3n) is 3.68. The maximum Gasteiger partial charge on any atom is 0.145 e. The number of hydrogen-bond acceptors (Lipinski definition) is 3. The fraction of sp³-hybridized carbons (Fsp3) is 0.333. The third-order valence-corrected chi connectivity index (χ3v) is 4.29. The third kappa shape index (κ3) is 2.88. The van der Waals surface area contributed by atoms with Crippen LogP contribution in [-0.4, -0.2) is 31.1 Å². The van der Waals surface area contributed by atoms with Gasteiger partial charge in [0.05, 0.1) is 16.8 Å². The molecule has 21 heavy (non-hydrogen) atoms. The van der Waals surface area contributed by atoms with Gasteiger partial charge in [0.1, 0.15) is 17.4 Å². The number of piperazine rings is 1. The van der Waals surface area contributed by atoms with Gasteiger partial charge < -0.3 is 9.73 Å². The van der Waals surface area contributed by atoms with Crippen LogP contribution in [0.3, 0.4) is 0 Å². The molecule has 1 N–H and O–H groups in total. The molecule has 1 aromatic carbocycles. The Kier molecular flexibility index (Phi) is 4.37. The summed E-state index contributed by atoms with van der Waals surface area (Å²) in [4.78, 5) is 2.03. The summed E-state index contributed by atoms with van der Waals surface area (Å²) in [7, 11) is 0. The van der Waals surface area contributed by atoms with Gasteiger partial charge in [-0.2, -0.15) is 0 Å². The van der Waals surface area contributed by atoms with E-state index in [0.717, 1.165) is 13.1 Å². The number of benzene rings is 1. The second-order valence-corrected chi connectivity index (χ2v) is 5.82. The summed E-state index contributed by atoms with van der Waals surface area (Å²) < 4.78 is 34.5. The van der Waals surface area contributed by atoms with Gasteiger partial charge in [-0.1, -0.05) is 0 Å². The minimum absolute atomic E-state index is 0.0289. The quantitative estimate of drug-likeness (QED) is 0.855. The molecular formula is C15H15BrF2N2O. The normalized spacial score (nSPS) is 17.9. The van der Waals surface area contributed by atoms with Gasteiger partial charge in [0.2, 0.25) is 0 Å². The molecule has 1 atom stereocenters. The fourth-order valence-corrected chi connectivity index (χ4v) is 3.03. The van der Waals surface area contributed by atoms with Gasteiger partial charge >= 0.3 is 0 Å². The van der Waals surface area contributed by atoms with Crippen molar-refractivity contribution < 1.29 is 13.2 Å². The topological polar surface area (TPSA) is 28.4 Å². The summed E-state index contributed by atoms with van der Waals surface area (Å²) in [6, 6.07) is 5.59. The zero-order valence-corrected chi connectivity index (χ0v) is 12.9. The Morgan fingerprint density at radius 1 is 1.19 bits per heavy atom. The minimum Gasteiger partial charge on any atom is -0.467 e. The molecule has 6 heteroatoms. The van der Waals surface area contributed by atoms with E-state index in [2.05, 4.69) is 21.2 Å². The van der Waals surface area contributed by atoms with E-state index in [9.17, 15) is 8.78 Å². The number of furan rings is 1. The molecule has 112 valence electrons. The molecule has 0 amide bonds. The Morgan fingerprint density at radius 3 is 2.62 bits per heavy atom. The lowest BCUT2D eigenvalue weighted by molar-refractivity contribution is 0.173. The predicted molar refractivity (Wildman–Crippen MR) is 79.1 cm³/mol. The molecule has 2 heterocycles. The van der Waals surface area contributed by atoms with Crippen molar-refractivity contribution in [3.63, 3.8) is 0 Å². The molecular weight excluding hydrogens is 342 g/mol. The molecule has 0 saturated carbocycles. The number of rotatable bonds is 3. The Labute approximate surface area is 130 Å². The van der Waals surface area contributed by atoms with E-state index in [1.807, 2.05) is 4.90 Å². The van der Waals surface area contributed by atoms with Crippen LogP contribution in [0.5, 0.6) is 0 Å². The van der Waals surface area contributed by atoms with Gasteiger partial charge in [0.25, 0.3) is 0 Å². The summed E-state index contributed by atoms with van der Waals surface area (Å²) in [5.74, 6) is -0.585. The maximum absolute atomic E-state index is 14.5. The summed E-state index contributed by atoms with van der Waals surface area (Å²) >= 11 is 3.13. The Hall–Kier alpha value is -1.24. The molecule has 0 spiro atoms. The van der Waals surface area contributed by atoms with Gasteiger partial charge in [0.15, 0.2) is 0 Å². The lowest BCUT2D eigenvalue weighted by Crippen LogP contribution is -2.45. The fourth-order valence-electron chi connectivity index (χ4n) is 2.69. The van der Waals surface area contributed by atoms with E-state index in [0.29, 0.717) is 18.8 Å². The summed E-state index contributed by atoms with van der Waals surface area (Å²) in [6.45, 7) is 2.98. The molecule has 1 aromatic heterocycles. The van der Waals surface area contributed by atoms with E-state index in [1.165, 1.54) is 18.4 Å². The largest absolute Gasteiger partial charge is 0.467 e. The van der Waals surface area contributed by atoms with Crippen LogP contribution in [0.15, 0.2) is 39.4 Å². The monoisotopic (exact) mass is 356 g/mol. The molecule has 0 bridgehead atoms. The van der Waals surface area contributed by atoms with Gasteiger partial charge in [-0.15, -0.1) is 0 Å². The summed E-state index contributed by atoms with van der Waals surface area (Å²) in [5.41, 5.74) is 0.0289. The van der Waals surface area contributed by atoms with Crippen molar-refractivity contribution in [1.82, 2.24) is 10.2 Å². The average molecular weight is 357 g/mol. The number of nitrogens with one attached hydrogen (secondary N) is 1. The SMILES string of the molecule is Fc1ccc(Br)c(F)c1[C@H](c1ccco1)N1CCNCC1. The van der Waals surface area contributed by atoms with Crippen LogP contribution >= 0.6 is 15.9 Å². The zero-order chi connectivity index (χ0) is 14.8. The van der Waals surface area contributed by atoms with Crippen LogP contribution in [0.2, 0.25) is 0 Å². The van der Waals surface area contributed by atoms with Crippen LogP contribution in [-0.2, 0) is 0 Å². The van der Waals surface area contributed by atoms with Crippen molar-refractivity contribution in [3.8, 4) is 0 Å². The van der Waals surface area contributed by atoms with Crippen molar-refractivity contribution in [2.45, 2.75) is 6.04 Å². The van der Waals surface area contributed by atoms with E-state index >= 15 is 0 Å². The van der Waals surface area contributed by atoms with E-state index in [-0.39, 0.29) is 10.0 Å². The van der Waals surface area contributed by atoms with Gasteiger partial charge in [-0.05, 0) is 40.2 Å². The van der Waals surface area contributed by atoms with Crippen molar-refractivity contribution in [3.05, 3.63) is 58.0 Å². The van der Waals surface area contributed by atoms with Crippen molar-refractivity contribution >= 4 is 15.9 Å². The Bertz CT molecular complexity index is 612. The molecule has 0 aliphatic carbocycles. The molecule has 1 fully saturated rings. The highest BCUT2D eigenvalue weighted by Gasteiger charge is 2.31. The maximum atomic E-state index is 14.5. The Morgan fingerprint density at radius 2 is 1.95 bits per heavy atom. The first-order valence-electron chi connectivity index (χ1n) is 6.80. The van der Waals surface area contributed by atoms with Crippen molar-refractivity contribution in [1.29, 1.82) is 0 Å².